The van der Waals surface area contributed by atoms with Crippen molar-refractivity contribution in [2.75, 3.05) is 39.3 Å². The number of nitrogens with zero attached hydrogens (tertiary/aromatic N) is 3. The van der Waals surface area contributed by atoms with Crippen molar-refractivity contribution >= 4 is 5.97 Å². The number of carboxylic acid groups (broad SMARTS) is 1. The summed E-state index contributed by atoms with van der Waals surface area (Å²) in [5.41, 5.74) is 3.66. The molecule has 7 nitrogen and oxygen atoms in total. The molecular formula is C20H26N4O3. The van der Waals surface area contributed by atoms with Gasteiger partial charge in [0.2, 0.25) is 0 Å². The maximum atomic E-state index is 12.1. The Bertz CT molecular complexity index is 819. The van der Waals surface area contributed by atoms with Crippen LogP contribution in [0.3, 0.4) is 0 Å². The number of aliphatic carboxylic acids is 1. The van der Waals surface area contributed by atoms with E-state index in [9.17, 15) is 15.0 Å². The number of hydrogen-bond donors (Lipinski definition) is 3. The summed E-state index contributed by atoms with van der Waals surface area (Å²) in [5, 5.41) is 26.4. The zero-order chi connectivity index (χ0) is 19.0. The van der Waals surface area contributed by atoms with E-state index >= 15 is 0 Å². The second-order valence-electron chi connectivity index (χ2n) is 7.92. The van der Waals surface area contributed by atoms with Crippen LogP contribution >= 0.6 is 0 Å². The van der Waals surface area contributed by atoms with Gasteiger partial charge in [-0.15, -0.1) is 0 Å². The molecule has 3 heterocycles. The summed E-state index contributed by atoms with van der Waals surface area (Å²) in [6, 6.07) is 8.32. The third kappa shape index (κ3) is 3.26. The largest absolute Gasteiger partial charge is 0.481 e. The van der Waals surface area contributed by atoms with Crippen molar-refractivity contribution in [3.8, 4) is 11.3 Å². The van der Waals surface area contributed by atoms with E-state index in [2.05, 4.69) is 51.2 Å². The first kappa shape index (κ1) is 18.2. The number of likely N-dealkylation sites (tertiary alicyclic amines) is 2. The number of aromatic amines is 1. The molecule has 2 aliphatic heterocycles. The molecule has 0 radical (unpaired) electrons. The standard InChI is InChI=1S/C20H26N4O3/c1-14-2-4-15(5-3-14)18-16(8-21-22-18)9-24-11-17-10-23(6-7-25)12-20(17,13-24)19(26)27/h2-5,8,17,25H,6-7,9-13H2,1H3,(H,21,22)(H,26,27)/t17-,20-/m1/s1. The number of H-pyrrole nitrogens is 1. The fourth-order valence-electron chi connectivity index (χ4n) is 4.65. The van der Waals surface area contributed by atoms with Crippen molar-refractivity contribution in [1.82, 2.24) is 20.0 Å². The molecule has 0 amide bonds. The van der Waals surface area contributed by atoms with Crippen LogP contribution in [-0.2, 0) is 11.3 Å². The average Bonchev–Trinajstić information content (AvgIpc) is 3.29. The van der Waals surface area contributed by atoms with Gasteiger partial charge in [-0.1, -0.05) is 29.8 Å². The van der Waals surface area contributed by atoms with Crippen LogP contribution in [0.15, 0.2) is 30.5 Å². The van der Waals surface area contributed by atoms with Gasteiger partial charge in [-0.3, -0.25) is 19.7 Å². The molecule has 0 saturated carbocycles. The predicted octanol–water partition coefficient (Wildman–Crippen LogP) is 1.20. The number of benzene rings is 1. The molecule has 2 aliphatic rings. The molecule has 0 bridgehead atoms. The number of aliphatic hydroxyl groups is 1. The zero-order valence-corrected chi connectivity index (χ0v) is 15.6. The normalized spacial score (nSPS) is 25.8. The van der Waals surface area contributed by atoms with Gasteiger partial charge < -0.3 is 10.2 Å². The SMILES string of the molecule is Cc1ccc(-c2[nH]ncc2CN2C[C@H]3CN(CCO)C[C@@]3(C(=O)O)C2)cc1. The number of carboxylic acids is 1. The topological polar surface area (TPSA) is 92.7 Å². The Kier molecular flexibility index (Phi) is 4.75. The summed E-state index contributed by atoms with van der Waals surface area (Å²) in [6.07, 6.45) is 1.84. The van der Waals surface area contributed by atoms with Crippen LogP contribution in [0.2, 0.25) is 0 Å². The Morgan fingerprint density at radius 1 is 1.26 bits per heavy atom. The van der Waals surface area contributed by atoms with Crippen LogP contribution in [0.1, 0.15) is 11.1 Å². The highest BCUT2D eigenvalue weighted by Crippen LogP contribution is 2.43. The van der Waals surface area contributed by atoms with Crippen LogP contribution in [0.5, 0.6) is 0 Å². The Labute approximate surface area is 158 Å². The van der Waals surface area contributed by atoms with E-state index in [0.717, 1.165) is 29.9 Å². The molecule has 4 rings (SSSR count). The summed E-state index contributed by atoms with van der Waals surface area (Å²) in [4.78, 5) is 16.4. The third-order valence-corrected chi connectivity index (χ3v) is 6.04. The van der Waals surface area contributed by atoms with Crippen molar-refractivity contribution in [2.24, 2.45) is 11.3 Å². The first-order valence-corrected chi connectivity index (χ1v) is 9.40. The molecule has 27 heavy (non-hydrogen) atoms. The molecule has 2 fully saturated rings. The van der Waals surface area contributed by atoms with E-state index in [1.54, 1.807) is 0 Å². The molecule has 7 heteroatoms. The van der Waals surface area contributed by atoms with Crippen molar-refractivity contribution in [3.05, 3.63) is 41.6 Å². The second kappa shape index (κ2) is 7.07. The number of carbonyl (C=O) groups is 1. The van der Waals surface area contributed by atoms with Crippen molar-refractivity contribution in [3.63, 3.8) is 0 Å². The first-order valence-electron chi connectivity index (χ1n) is 9.40. The fraction of sp³-hybridized carbons (Fsp3) is 0.500. The lowest BCUT2D eigenvalue weighted by molar-refractivity contribution is -0.149. The highest BCUT2D eigenvalue weighted by molar-refractivity contribution is 5.77. The van der Waals surface area contributed by atoms with E-state index in [1.807, 2.05) is 6.20 Å². The highest BCUT2D eigenvalue weighted by Gasteiger charge is 2.57. The zero-order valence-electron chi connectivity index (χ0n) is 15.6. The summed E-state index contributed by atoms with van der Waals surface area (Å²) >= 11 is 0. The van der Waals surface area contributed by atoms with Gasteiger partial charge in [0.25, 0.3) is 0 Å². The molecule has 0 spiro atoms. The number of aromatic nitrogens is 2. The number of aliphatic hydroxyl groups excluding tert-OH is 1. The van der Waals surface area contributed by atoms with Crippen molar-refractivity contribution < 1.29 is 15.0 Å². The predicted molar refractivity (Wildman–Crippen MR) is 101 cm³/mol. The first-order chi connectivity index (χ1) is 13.0. The fourth-order valence-corrected chi connectivity index (χ4v) is 4.65. The number of aryl methyl sites for hydroxylation is 1. The van der Waals surface area contributed by atoms with Gasteiger partial charge in [-0.2, -0.15) is 5.10 Å². The smallest absolute Gasteiger partial charge is 0.312 e. The van der Waals surface area contributed by atoms with E-state index in [4.69, 9.17) is 0 Å². The van der Waals surface area contributed by atoms with E-state index in [0.29, 0.717) is 26.2 Å². The quantitative estimate of drug-likeness (QED) is 0.708. The van der Waals surface area contributed by atoms with Gasteiger partial charge in [0, 0.05) is 50.7 Å². The molecule has 3 N–H and O–H groups in total. The molecule has 2 aromatic rings. The summed E-state index contributed by atoms with van der Waals surface area (Å²) in [5.74, 6) is -0.627. The maximum Gasteiger partial charge on any atom is 0.312 e. The minimum Gasteiger partial charge on any atom is -0.481 e. The number of hydrogen-bond acceptors (Lipinski definition) is 5. The number of nitrogens with one attached hydrogen (secondary N) is 1. The van der Waals surface area contributed by atoms with Gasteiger partial charge in [-0.25, -0.2) is 0 Å². The van der Waals surface area contributed by atoms with Crippen LogP contribution in [-0.4, -0.2) is 75.5 Å². The number of fused-ring (bicyclic) bond motifs is 1. The van der Waals surface area contributed by atoms with Crippen LogP contribution in [0.4, 0.5) is 0 Å². The molecule has 1 aromatic carbocycles. The minimum absolute atomic E-state index is 0.0705. The van der Waals surface area contributed by atoms with Gasteiger partial charge in [0.15, 0.2) is 0 Å². The highest BCUT2D eigenvalue weighted by atomic mass is 16.4. The molecule has 0 unspecified atom stereocenters. The molecular weight excluding hydrogens is 344 g/mol. The Balaban J connectivity index is 1.51. The molecule has 144 valence electrons. The molecule has 2 atom stereocenters. The van der Waals surface area contributed by atoms with Crippen LogP contribution in [0.25, 0.3) is 11.3 Å². The molecule has 1 aromatic heterocycles. The Hall–Kier alpha value is -2.22. The lowest BCUT2D eigenvalue weighted by Crippen LogP contribution is -2.41. The van der Waals surface area contributed by atoms with Gasteiger partial charge in [0.05, 0.1) is 23.9 Å². The molecule has 2 saturated heterocycles. The van der Waals surface area contributed by atoms with Gasteiger partial charge in [-0.05, 0) is 12.5 Å². The maximum absolute atomic E-state index is 12.1. The third-order valence-electron chi connectivity index (χ3n) is 6.04. The Morgan fingerprint density at radius 3 is 2.63 bits per heavy atom. The van der Waals surface area contributed by atoms with Gasteiger partial charge in [0.1, 0.15) is 0 Å². The lowest BCUT2D eigenvalue weighted by atomic mass is 9.81. The summed E-state index contributed by atoms with van der Waals surface area (Å²) < 4.78 is 0. The van der Waals surface area contributed by atoms with Crippen molar-refractivity contribution in [2.45, 2.75) is 13.5 Å². The summed E-state index contributed by atoms with van der Waals surface area (Å²) in [7, 11) is 0. The minimum atomic E-state index is -0.733. The second-order valence-corrected chi connectivity index (χ2v) is 7.92. The number of β-amino-alcohol motifs (C(OH)–C–C–N with tert-alkyl or cyclic N) is 1. The van der Waals surface area contributed by atoms with Crippen LogP contribution in [0, 0.1) is 18.3 Å². The number of rotatable bonds is 6. The van der Waals surface area contributed by atoms with E-state index in [-0.39, 0.29) is 12.5 Å². The lowest BCUT2D eigenvalue weighted by Gasteiger charge is -2.25. The van der Waals surface area contributed by atoms with E-state index in [1.165, 1.54) is 5.56 Å². The molecule has 0 aliphatic carbocycles. The van der Waals surface area contributed by atoms with E-state index < -0.39 is 11.4 Å². The van der Waals surface area contributed by atoms with Crippen LogP contribution < -0.4 is 0 Å². The average molecular weight is 370 g/mol. The summed E-state index contributed by atoms with van der Waals surface area (Å²) in [6.45, 7) is 5.91. The monoisotopic (exact) mass is 370 g/mol. The van der Waals surface area contributed by atoms with Gasteiger partial charge >= 0.3 is 5.97 Å². The Morgan fingerprint density at radius 2 is 1.96 bits per heavy atom. The van der Waals surface area contributed by atoms with Crippen molar-refractivity contribution in [1.29, 1.82) is 0 Å².